The number of carboxylic acids is 1. The lowest BCUT2D eigenvalue weighted by Crippen LogP contribution is -2.22. The number of nitrogens with two attached hydrogens (primary N) is 1. The van der Waals surface area contributed by atoms with Gasteiger partial charge >= 0.3 is 12.1 Å². The largest absolute Gasteiger partial charge is 0.480 e. The molecule has 7 heteroatoms. The van der Waals surface area contributed by atoms with E-state index in [0.29, 0.717) is 0 Å². The van der Waals surface area contributed by atoms with Crippen LogP contribution in [0.2, 0.25) is 5.02 Å². The molecule has 0 bridgehead atoms. The van der Waals surface area contributed by atoms with E-state index >= 15 is 0 Å². The number of hydrogen-bond acceptors (Lipinski definition) is 2. The molecule has 0 heterocycles. The number of halogens is 4. The van der Waals surface area contributed by atoms with Gasteiger partial charge in [0.05, 0.1) is 10.6 Å². The number of hydrogen-bond donors (Lipinski definition) is 2. The Balaban J connectivity index is 3.30. The van der Waals surface area contributed by atoms with Crippen molar-refractivity contribution in [2.45, 2.75) is 12.2 Å². The minimum Gasteiger partial charge on any atom is -0.480 e. The number of carbonyl (C=O) groups is 1. The van der Waals surface area contributed by atoms with E-state index in [1.54, 1.807) is 0 Å². The molecule has 3 nitrogen and oxygen atoms in total. The Hall–Kier alpha value is -1.27. The first-order chi connectivity index (χ1) is 7.25. The quantitative estimate of drug-likeness (QED) is 0.851. The minimum absolute atomic E-state index is 0.260. The molecule has 0 aliphatic carbocycles. The van der Waals surface area contributed by atoms with Gasteiger partial charge < -0.3 is 10.8 Å². The summed E-state index contributed by atoms with van der Waals surface area (Å²) in [6.45, 7) is 0. The van der Waals surface area contributed by atoms with Crippen LogP contribution in [0.4, 0.5) is 13.2 Å². The first kappa shape index (κ1) is 12.8. The molecule has 0 saturated carbocycles. The normalized spacial score (nSPS) is 13.6. The second-order valence-electron chi connectivity index (χ2n) is 3.02. The van der Waals surface area contributed by atoms with Crippen LogP contribution in [0.25, 0.3) is 0 Å². The average Bonchev–Trinajstić information content (AvgIpc) is 2.15. The molecule has 3 N–H and O–H groups in total. The van der Waals surface area contributed by atoms with Gasteiger partial charge in [-0.05, 0) is 11.6 Å². The van der Waals surface area contributed by atoms with E-state index in [-0.39, 0.29) is 5.56 Å². The molecule has 0 aliphatic heterocycles. The zero-order valence-corrected chi connectivity index (χ0v) is 8.51. The van der Waals surface area contributed by atoms with Gasteiger partial charge in [-0.15, -0.1) is 0 Å². The standard InChI is InChI=1S/C9H7ClF3NO2/c10-6-4(7(14)8(15)16)2-1-3-5(6)9(11,12)13/h1-3,7H,14H2,(H,15,16). The molecule has 1 atom stereocenters. The van der Waals surface area contributed by atoms with Crippen molar-refractivity contribution in [1.29, 1.82) is 0 Å². The first-order valence-corrected chi connectivity index (χ1v) is 4.47. The van der Waals surface area contributed by atoms with Crippen molar-refractivity contribution in [2.24, 2.45) is 5.73 Å². The van der Waals surface area contributed by atoms with Crippen molar-refractivity contribution in [1.82, 2.24) is 0 Å². The molecule has 16 heavy (non-hydrogen) atoms. The van der Waals surface area contributed by atoms with Gasteiger partial charge in [-0.1, -0.05) is 23.7 Å². The number of benzene rings is 1. The van der Waals surface area contributed by atoms with Crippen LogP contribution in [0, 0.1) is 0 Å². The van der Waals surface area contributed by atoms with E-state index in [9.17, 15) is 18.0 Å². The van der Waals surface area contributed by atoms with Gasteiger partial charge in [0.15, 0.2) is 0 Å². The monoisotopic (exact) mass is 253 g/mol. The fourth-order valence-electron chi connectivity index (χ4n) is 1.14. The van der Waals surface area contributed by atoms with Gasteiger partial charge in [0.1, 0.15) is 6.04 Å². The molecule has 0 amide bonds. The highest BCUT2D eigenvalue weighted by molar-refractivity contribution is 6.32. The van der Waals surface area contributed by atoms with Crippen LogP contribution in [0.3, 0.4) is 0 Å². The van der Waals surface area contributed by atoms with Gasteiger partial charge in [0.2, 0.25) is 0 Å². The summed E-state index contributed by atoms with van der Waals surface area (Å²) < 4.78 is 37.3. The summed E-state index contributed by atoms with van der Waals surface area (Å²) in [4.78, 5) is 10.5. The predicted molar refractivity (Wildman–Crippen MR) is 51.0 cm³/mol. The van der Waals surface area contributed by atoms with Crippen molar-refractivity contribution in [3.05, 3.63) is 34.3 Å². The van der Waals surface area contributed by atoms with E-state index in [1.807, 2.05) is 0 Å². The fraction of sp³-hybridized carbons (Fsp3) is 0.222. The predicted octanol–water partition coefficient (Wildman–Crippen LogP) is 2.44. The molecule has 1 rings (SSSR count). The summed E-state index contributed by atoms with van der Waals surface area (Å²) >= 11 is 5.47. The summed E-state index contributed by atoms with van der Waals surface area (Å²) in [5, 5.41) is 7.91. The second kappa shape index (κ2) is 4.31. The molecular formula is C9H7ClF3NO2. The molecule has 0 spiro atoms. The smallest absolute Gasteiger partial charge is 0.417 e. The van der Waals surface area contributed by atoms with E-state index in [1.165, 1.54) is 0 Å². The summed E-state index contributed by atoms with van der Waals surface area (Å²) in [7, 11) is 0. The Kier molecular flexibility index (Phi) is 3.44. The van der Waals surface area contributed by atoms with Gasteiger partial charge in [-0.2, -0.15) is 13.2 Å². The zero-order valence-electron chi connectivity index (χ0n) is 7.75. The van der Waals surface area contributed by atoms with Crippen LogP contribution < -0.4 is 5.73 Å². The van der Waals surface area contributed by atoms with Gasteiger partial charge in [0, 0.05) is 0 Å². The third kappa shape index (κ3) is 2.45. The molecule has 1 unspecified atom stereocenters. The highest BCUT2D eigenvalue weighted by Crippen LogP contribution is 2.37. The Morgan fingerprint density at radius 2 is 2.00 bits per heavy atom. The van der Waals surface area contributed by atoms with Crippen molar-refractivity contribution in [3.8, 4) is 0 Å². The van der Waals surface area contributed by atoms with Crippen LogP contribution in [0.1, 0.15) is 17.2 Å². The van der Waals surface area contributed by atoms with Crippen molar-refractivity contribution in [3.63, 3.8) is 0 Å². The van der Waals surface area contributed by atoms with Crippen LogP contribution in [0.5, 0.6) is 0 Å². The maximum absolute atomic E-state index is 12.4. The lowest BCUT2D eigenvalue weighted by Gasteiger charge is -2.14. The second-order valence-corrected chi connectivity index (χ2v) is 3.40. The fourth-order valence-corrected chi connectivity index (χ4v) is 1.49. The topological polar surface area (TPSA) is 63.3 Å². The van der Waals surface area contributed by atoms with Crippen molar-refractivity contribution >= 4 is 17.6 Å². The van der Waals surface area contributed by atoms with Crippen LogP contribution >= 0.6 is 11.6 Å². The highest BCUT2D eigenvalue weighted by atomic mass is 35.5. The number of aliphatic carboxylic acids is 1. The highest BCUT2D eigenvalue weighted by Gasteiger charge is 2.35. The first-order valence-electron chi connectivity index (χ1n) is 4.09. The number of rotatable bonds is 2. The van der Waals surface area contributed by atoms with Crippen LogP contribution in [0.15, 0.2) is 18.2 Å². The zero-order chi connectivity index (χ0) is 12.5. The molecular weight excluding hydrogens is 247 g/mol. The van der Waals surface area contributed by atoms with Crippen molar-refractivity contribution in [2.75, 3.05) is 0 Å². The lowest BCUT2D eigenvalue weighted by molar-refractivity contribution is -0.140. The molecule has 1 aromatic carbocycles. The summed E-state index contributed by atoms with van der Waals surface area (Å²) in [5.74, 6) is -1.44. The minimum atomic E-state index is -4.63. The number of carboxylic acid groups (broad SMARTS) is 1. The maximum Gasteiger partial charge on any atom is 0.417 e. The molecule has 0 fully saturated rings. The molecule has 88 valence electrons. The maximum atomic E-state index is 12.4. The molecule has 1 aromatic rings. The third-order valence-corrected chi connectivity index (χ3v) is 2.36. The molecule has 0 radical (unpaired) electrons. The van der Waals surface area contributed by atoms with Crippen molar-refractivity contribution < 1.29 is 23.1 Å². The van der Waals surface area contributed by atoms with E-state index < -0.39 is 28.8 Å². The SMILES string of the molecule is NC(C(=O)O)c1cccc(C(F)(F)F)c1Cl. The Bertz CT molecular complexity index is 420. The summed E-state index contributed by atoms with van der Waals surface area (Å²) in [5.41, 5.74) is 3.85. The number of alkyl halides is 3. The molecule has 0 aromatic heterocycles. The van der Waals surface area contributed by atoms with Gasteiger partial charge in [-0.25, -0.2) is 0 Å². The summed E-state index contributed by atoms with van der Waals surface area (Å²) in [6, 6.07) is 1.40. The lowest BCUT2D eigenvalue weighted by atomic mass is 10.0. The molecule has 0 saturated heterocycles. The van der Waals surface area contributed by atoms with Crippen LogP contribution in [-0.4, -0.2) is 11.1 Å². The van der Waals surface area contributed by atoms with E-state index in [2.05, 4.69) is 0 Å². The van der Waals surface area contributed by atoms with E-state index in [0.717, 1.165) is 18.2 Å². The average molecular weight is 254 g/mol. The van der Waals surface area contributed by atoms with Gasteiger partial charge in [0.25, 0.3) is 0 Å². The van der Waals surface area contributed by atoms with Crippen LogP contribution in [-0.2, 0) is 11.0 Å². The Labute approximate surface area is 93.6 Å². The van der Waals surface area contributed by atoms with Gasteiger partial charge in [-0.3, -0.25) is 4.79 Å². The Morgan fingerprint density at radius 3 is 2.44 bits per heavy atom. The Morgan fingerprint density at radius 1 is 1.44 bits per heavy atom. The third-order valence-electron chi connectivity index (χ3n) is 1.94. The van der Waals surface area contributed by atoms with E-state index in [4.69, 9.17) is 22.4 Å². The summed E-state index contributed by atoms with van der Waals surface area (Å²) in [6.07, 6.45) is -4.63. The molecule has 0 aliphatic rings.